The molecule has 0 atom stereocenters. The summed E-state index contributed by atoms with van der Waals surface area (Å²) < 4.78 is 2.12. The zero-order valence-corrected chi connectivity index (χ0v) is 11.5. The van der Waals surface area contributed by atoms with Crippen molar-refractivity contribution in [2.75, 3.05) is 24.7 Å². The Kier molecular flexibility index (Phi) is 3.75. The molecule has 0 radical (unpaired) electrons. The molecular formula is C14H22N4. The number of nitrogens with zero attached hydrogens (tertiary/aromatic N) is 3. The van der Waals surface area contributed by atoms with Crippen LogP contribution < -0.4 is 10.6 Å². The maximum absolute atomic E-state index is 6.04. The largest absolute Gasteiger partial charge is 0.376 e. The van der Waals surface area contributed by atoms with Gasteiger partial charge in [-0.15, -0.1) is 0 Å². The smallest absolute Gasteiger partial charge is 0.201 e. The third-order valence-electron chi connectivity index (χ3n) is 3.25. The summed E-state index contributed by atoms with van der Waals surface area (Å²) in [7, 11) is 4.06. The summed E-state index contributed by atoms with van der Waals surface area (Å²) in [6, 6.07) is 6.23. The Bertz CT molecular complexity index is 528. The van der Waals surface area contributed by atoms with Crippen LogP contribution in [0.1, 0.15) is 26.2 Å². The standard InChI is InChI=1S/C14H22N4/c1-4-5-6-10-18-12-9-7-8-11(17(2)3)13(12)16-14(18)15/h7-9H,4-6,10H2,1-3H3,(H2,15,16). The van der Waals surface area contributed by atoms with E-state index in [1.165, 1.54) is 12.8 Å². The van der Waals surface area contributed by atoms with Gasteiger partial charge in [-0.05, 0) is 18.6 Å². The maximum atomic E-state index is 6.04. The molecule has 2 aromatic rings. The first-order valence-corrected chi connectivity index (χ1v) is 6.57. The number of aromatic nitrogens is 2. The molecule has 0 saturated carbocycles. The molecule has 0 aliphatic heterocycles. The quantitative estimate of drug-likeness (QED) is 0.825. The number of anilines is 2. The van der Waals surface area contributed by atoms with Crippen LogP contribution in [0.5, 0.6) is 0 Å². The number of para-hydroxylation sites is 1. The van der Waals surface area contributed by atoms with E-state index in [2.05, 4.69) is 39.6 Å². The molecule has 0 saturated heterocycles. The number of rotatable bonds is 5. The number of nitrogen functional groups attached to an aromatic ring is 1. The third-order valence-corrected chi connectivity index (χ3v) is 3.25. The predicted octanol–water partition coefficient (Wildman–Crippen LogP) is 2.87. The summed E-state index contributed by atoms with van der Waals surface area (Å²) in [5.41, 5.74) is 9.29. The monoisotopic (exact) mass is 246 g/mol. The van der Waals surface area contributed by atoms with E-state index in [0.29, 0.717) is 5.95 Å². The van der Waals surface area contributed by atoms with Crippen molar-refractivity contribution in [3.05, 3.63) is 18.2 Å². The van der Waals surface area contributed by atoms with E-state index < -0.39 is 0 Å². The van der Waals surface area contributed by atoms with Crippen molar-refractivity contribution in [1.82, 2.24) is 9.55 Å². The number of hydrogen-bond acceptors (Lipinski definition) is 3. The van der Waals surface area contributed by atoms with Crippen LogP contribution in [-0.4, -0.2) is 23.6 Å². The number of benzene rings is 1. The lowest BCUT2D eigenvalue weighted by Crippen LogP contribution is -2.09. The number of nitrogens with two attached hydrogens (primary N) is 1. The van der Waals surface area contributed by atoms with E-state index in [0.717, 1.165) is 29.7 Å². The fourth-order valence-corrected chi connectivity index (χ4v) is 2.27. The Morgan fingerprint density at radius 1 is 1.28 bits per heavy atom. The summed E-state index contributed by atoms with van der Waals surface area (Å²) in [5, 5.41) is 0. The minimum Gasteiger partial charge on any atom is -0.376 e. The Hall–Kier alpha value is -1.71. The van der Waals surface area contributed by atoms with Gasteiger partial charge >= 0.3 is 0 Å². The number of hydrogen-bond donors (Lipinski definition) is 1. The Balaban J connectivity index is 2.42. The van der Waals surface area contributed by atoms with Gasteiger partial charge in [0.05, 0.1) is 11.2 Å². The van der Waals surface area contributed by atoms with Crippen molar-refractivity contribution in [2.45, 2.75) is 32.7 Å². The highest BCUT2D eigenvalue weighted by atomic mass is 15.2. The highest BCUT2D eigenvalue weighted by molar-refractivity contribution is 5.90. The molecule has 2 rings (SSSR count). The van der Waals surface area contributed by atoms with Crippen molar-refractivity contribution >= 4 is 22.7 Å². The summed E-state index contributed by atoms with van der Waals surface area (Å²) in [5.74, 6) is 0.621. The van der Waals surface area contributed by atoms with Gasteiger partial charge in [0.1, 0.15) is 5.52 Å². The minimum absolute atomic E-state index is 0.621. The van der Waals surface area contributed by atoms with Crippen molar-refractivity contribution in [1.29, 1.82) is 0 Å². The molecule has 0 aliphatic rings. The van der Waals surface area contributed by atoms with Gasteiger partial charge in [-0.2, -0.15) is 0 Å². The van der Waals surface area contributed by atoms with Crippen LogP contribution in [0.4, 0.5) is 11.6 Å². The first-order chi connectivity index (χ1) is 8.65. The molecule has 2 N–H and O–H groups in total. The van der Waals surface area contributed by atoms with Gasteiger partial charge in [-0.3, -0.25) is 0 Å². The van der Waals surface area contributed by atoms with Crippen LogP contribution in [0.3, 0.4) is 0 Å². The van der Waals surface area contributed by atoms with Crippen LogP contribution >= 0.6 is 0 Å². The molecule has 4 heteroatoms. The zero-order chi connectivity index (χ0) is 13.1. The number of aryl methyl sites for hydroxylation is 1. The van der Waals surface area contributed by atoms with E-state index in [1.54, 1.807) is 0 Å². The van der Waals surface area contributed by atoms with E-state index >= 15 is 0 Å². The second-order valence-corrected chi connectivity index (χ2v) is 4.87. The highest BCUT2D eigenvalue weighted by Crippen LogP contribution is 2.27. The molecule has 1 heterocycles. The van der Waals surface area contributed by atoms with Gasteiger partial charge in [0, 0.05) is 20.6 Å². The van der Waals surface area contributed by atoms with Crippen molar-refractivity contribution in [3.63, 3.8) is 0 Å². The second-order valence-electron chi connectivity index (χ2n) is 4.87. The van der Waals surface area contributed by atoms with Crippen LogP contribution in [-0.2, 0) is 6.54 Å². The summed E-state index contributed by atoms with van der Waals surface area (Å²) in [4.78, 5) is 6.59. The Labute approximate surface area is 108 Å². The maximum Gasteiger partial charge on any atom is 0.201 e. The molecule has 0 fully saturated rings. The zero-order valence-electron chi connectivity index (χ0n) is 11.5. The average molecular weight is 246 g/mol. The van der Waals surface area contributed by atoms with E-state index in [1.807, 2.05) is 14.1 Å². The Morgan fingerprint density at radius 3 is 2.72 bits per heavy atom. The molecular weight excluding hydrogens is 224 g/mol. The van der Waals surface area contributed by atoms with E-state index in [4.69, 9.17) is 5.73 Å². The van der Waals surface area contributed by atoms with Gasteiger partial charge in [0.2, 0.25) is 5.95 Å². The molecule has 4 nitrogen and oxygen atoms in total. The molecule has 1 aromatic carbocycles. The lowest BCUT2D eigenvalue weighted by Gasteiger charge is -2.13. The predicted molar refractivity (Wildman–Crippen MR) is 78.0 cm³/mol. The molecule has 0 amide bonds. The van der Waals surface area contributed by atoms with Crippen LogP contribution in [0.15, 0.2) is 18.2 Å². The molecule has 0 bridgehead atoms. The van der Waals surface area contributed by atoms with Gasteiger partial charge in [0.25, 0.3) is 0 Å². The lowest BCUT2D eigenvalue weighted by atomic mass is 10.2. The number of fused-ring (bicyclic) bond motifs is 1. The van der Waals surface area contributed by atoms with Gasteiger partial charge in [0.15, 0.2) is 0 Å². The van der Waals surface area contributed by atoms with Crippen molar-refractivity contribution in [2.24, 2.45) is 0 Å². The Morgan fingerprint density at radius 2 is 2.06 bits per heavy atom. The number of unbranched alkanes of at least 4 members (excludes halogenated alkanes) is 2. The fraction of sp³-hybridized carbons (Fsp3) is 0.500. The molecule has 18 heavy (non-hydrogen) atoms. The first-order valence-electron chi connectivity index (χ1n) is 6.57. The van der Waals surface area contributed by atoms with Gasteiger partial charge in [-0.25, -0.2) is 4.98 Å². The van der Waals surface area contributed by atoms with Crippen LogP contribution in [0.2, 0.25) is 0 Å². The van der Waals surface area contributed by atoms with Crippen LogP contribution in [0, 0.1) is 0 Å². The first kappa shape index (κ1) is 12.7. The molecule has 0 spiro atoms. The van der Waals surface area contributed by atoms with E-state index in [-0.39, 0.29) is 0 Å². The summed E-state index contributed by atoms with van der Waals surface area (Å²) in [6.07, 6.45) is 3.60. The topological polar surface area (TPSA) is 47.1 Å². The molecule has 0 unspecified atom stereocenters. The average Bonchev–Trinajstić information content (AvgIpc) is 2.66. The molecule has 0 aliphatic carbocycles. The summed E-state index contributed by atoms with van der Waals surface area (Å²) >= 11 is 0. The second kappa shape index (κ2) is 5.29. The van der Waals surface area contributed by atoms with E-state index in [9.17, 15) is 0 Å². The molecule has 98 valence electrons. The normalized spacial score (nSPS) is 11.1. The third kappa shape index (κ3) is 2.28. The van der Waals surface area contributed by atoms with Gasteiger partial charge < -0.3 is 15.2 Å². The SMILES string of the molecule is CCCCCn1c(N)nc2c(N(C)C)cccc21. The van der Waals surface area contributed by atoms with Crippen molar-refractivity contribution < 1.29 is 0 Å². The fourth-order valence-electron chi connectivity index (χ4n) is 2.27. The number of imidazole rings is 1. The van der Waals surface area contributed by atoms with Crippen LogP contribution in [0.25, 0.3) is 11.0 Å². The van der Waals surface area contributed by atoms with Crippen molar-refractivity contribution in [3.8, 4) is 0 Å². The lowest BCUT2D eigenvalue weighted by molar-refractivity contribution is 0.619. The van der Waals surface area contributed by atoms with Gasteiger partial charge in [-0.1, -0.05) is 25.8 Å². The highest BCUT2D eigenvalue weighted by Gasteiger charge is 2.11. The summed E-state index contributed by atoms with van der Waals surface area (Å²) in [6.45, 7) is 3.16. The molecule has 1 aromatic heterocycles. The minimum atomic E-state index is 0.621.